The van der Waals surface area contributed by atoms with Gasteiger partial charge in [-0.2, -0.15) is 4.98 Å². The number of carbonyl (C=O) groups excluding carboxylic acids is 1. The Balaban J connectivity index is 1.75. The van der Waals surface area contributed by atoms with Crippen LogP contribution in [0.3, 0.4) is 0 Å². The maximum absolute atomic E-state index is 12.1. The Bertz CT molecular complexity index is 814. The Morgan fingerprint density at radius 2 is 1.91 bits per heavy atom. The number of aryl methyl sites for hydroxylation is 1. The van der Waals surface area contributed by atoms with Crippen LogP contribution in [0.15, 0.2) is 53.3 Å². The first-order chi connectivity index (χ1) is 11.1. The molecule has 6 heteroatoms. The number of hydrogen-bond acceptors (Lipinski definition) is 5. The molecule has 116 valence electrons. The summed E-state index contributed by atoms with van der Waals surface area (Å²) in [6, 6.07) is 10.7. The lowest BCUT2D eigenvalue weighted by Crippen LogP contribution is -2.26. The summed E-state index contributed by atoms with van der Waals surface area (Å²) in [5.74, 6) is 0.671. The molecule has 2 heterocycles. The summed E-state index contributed by atoms with van der Waals surface area (Å²) < 4.78 is 5.28. The van der Waals surface area contributed by atoms with E-state index in [1.165, 1.54) is 0 Å². The molecule has 0 aliphatic carbocycles. The normalized spacial score (nSPS) is 11.9. The van der Waals surface area contributed by atoms with Crippen LogP contribution in [0.4, 0.5) is 0 Å². The van der Waals surface area contributed by atoms with Crippen LogP contribution in [0.2, 0.25) is 0 Å². The average Bonchev–Trinajstić information content (AvgIpc) is 3.06. The van der Waals surface area contributed by atoms with Gasteiger partial charge in [0.05, 0.1) is 0 Å². The van der Waals surface area contributed by atoms with Crippen molar-refractivity contribution in [2.24, 2.45) is 0 Å². The highest BCUT2D eigenvalue weighted by atomic mass is 16.5. The van der Waals surface area contributed by atoms with Gasteiger partial charge in [-0.05, 0) is 31.5 Å². The number of nitrogens with one attached hydrogen (secondary N) is 1. The van der Waals surface area contributed by atoms with Crippen molar-refractivity contribution in [2.45, 2.75) is 19.9 Å². The first kappa shape index (κ1) is 14.9. The van der Waals surface area contributed by atoms with Crippen molar-refractivity contribution in [2.75, 3.05) is 0 Å². The van der Waals surface area contributed by atoms with E-state index in [1.807, 2.05) is 31.2 Å². The molecule has 2 aromatic heterocycles. The summed E-state index contributed by atoms with van der Waals surface area (Å²) in [5.41, 5.74) is 2.51. The molecule has 0 unspecified atom stereocenters. The molecule has 23 heavy (non-hydrogen) atoms. The van der Waals surface area contributed by atoms with Gasteiger partial charge in [0.15, 0.2) is 0 Å². The Labute approximate surface area is 133 Å². The van der Waals surface area contributed by atoms with E-state index in [9.17, 15) is 4.79 Å². The molecule has 0 aliphatic rings. The topological polar surface area (TPSA) is 80.9 Å². The van der Waals surface area contributed by atoms with Crippen LogP contribution in [0.25, 0.3) is 11.4 Å². The third-order valence-corrected chi connectivity index (χ3v) is 3.49. The van der Waals surface area contributed by atoms with Crippen LogP contribution in [0.5, 0.6) is 0 Å². The van der Waals surface area contributed by atoms with E-state index in [0.717, 1.165) is 11.1 Å². The molecule has 3 aromatic rings. The zero-order valence-electron chi connectivity index (χ0n) is 12.9. The maximum Gasteiger partial charge on any atom is 0.252 e. The third-order valence-electron chi connectivity index (χ3n) is 3.49. The smallest absolute Gasteiger partial charge is 0.252 e. The molecule has 0 saturated heterocycles. The van der Waals surface area contributed by atoms with Gasteiger partial charge in [-0.3, -0.25) is 9.78 Å². The first-order valence-electron chi connectivity index (χ1n) is 7.25. The predicted molar refractivity (Wildman–Crippen MR) is 84.6 cm³/mol. The summed E-state index contributed by atoms with van der Waals surface area (Å²) in [5, 5.41) is 6.83. The molecule has 3 rings (SSSR count). The molecular weight excluding hydrogens is 292 g/mol. The van der Waals surface area contributed by atoms with Crippen LogP contribution < -0.4 is 5.32 Å². The number of aromatic nitrogens is 3. The Morgan fingerprint density at radius 1 is 1.17 bits per heavy atom. The summed E-state index contributed by atoms with van der Waals surface area (Å²) in [4.78, 5) is 20.4. The summed E-state index contributed by atoms with van der Waals surface area (Å²) in [6.07, 6.45) is 3.14. The standard InChI is InChI=1S/C17H16N4O2/c1-11-5-3-4-6-14(11)15-20-17(23-21-15)12(2)19-16(22)13-7-9-18-10-8-13/h3-10,12H,1-2H3,(H,19,22)/t12-/m0/s1. The van der Waals surface area contributed by atoms with Gasteiger partial charge in [-0.15, -0.1) is 0 Å². The highest BCUT2D eigenvalue weighted by Gasteiger charge is 2.18. The van der Waals surface area contributed by atoms with E-state index >= 15 is 0 Å². The summed E-state index contributed by atoms with van der Waals surface area (Å²) in [7, 11) is 0. The van der Waals surface area contributed by atoms with Crippen molar-refractivity contribution in [3.8, 4) is 11.4 Å². The van der Waals surface area contributed by atoms with Crippen molar-refractivity contribution < 1.29 is 9.32 Å². The second-order valence-electron chi connectivity index (χ2n) is 5.20. The fourth-order valence-corrected chi connectivity index (χ4v) is 2.19. The highest BCUT2D eigenvalue weighted by molar-refractivity contribution is 5.94. The van der Waals surface area contributed by atoms with Gasteiger partial charge in [0.2, 0.25) is 11.7 Å². The zero-order chi connectivity index (χ0) is 16.2. The van der Waals surface area contributed by atoms with Crippen LogP contribution >= 0.6 is 0 Å². The molecule has 0 aliphatic heterocycles. The van der Waals surface area contributed by atoms with Gasteiger partial charge in [-0.25, -0.2) is 0 Å². The number of amides is 1. The monoisotopic (exact) mass is 308 g/mol. The van der Waals surface area contributed by atoms with Gasteiger partial charge in [0.25, 0.3) is 5.91 Å². The van der Waals surface area contributed by atoms with Crippen LogP contribution in [-0.2, 0) is 0 Å². The van der Waals surface area contributed by atoms with Gasteiger partial charge < -0.3 is 9.84 Å². The molecule has 1 aromatic carbocycles. The molecule has 6 nitrogen and oxygen atoms in total. The predicted octanol–water partition coefficient (Wildman–Crippen LogP) is 2.93. The van der Waals surface area contributed by atoms with E-state index in [1.54, 1.807) is 31.5 Å². The largest absolute Gasteiger partial charge is 0.341 e. The number of carbonyl (C=O) groups is 1. The minimum absolute atomic E-state index is 0.212. The Hall–Kier alpha value is -3.02. The quantitative estimate of drug-likeness (QED) is 0.801. The van der Waals surface area contributed by atoms with Crippen molar-refractivity contribution in [3.63, 3.8) is 0 Å². The molecule has 0 saturated carbocycles. The lowest BCUT2D eigenvalue weighted by Gasteiger charge is -2.09. The van der Waals surface area contributed by atoms with E-state index in [2.05, 4.69) is 20.4 Å². The molecule has 0 radical (unpaired) electrons. The molecule has 1 N–H and O–H groups in total. The number of rotatable bonds is 4. The Morgan fingerprint density at radius 3 is 2.65 bits per heavy atom. The number of hydrogen-bond donors (Lipinski definition) is 1. The lowest BCUT2D eigenvalue weighted by molar-refractivity contribution is 0.0932. The molecule has 0 fully saturated rings. The van der Waals surface area contributed by atoms with Gasteiger partial charge in [-0.1, -0.05) is 29.4 Å². The Kier molecular flexibility index (Phi) is 4.14. The highest BCUT2D eigenvalue weighted by Crippen LogP contribution is 2.21. The molecule has 1 atom stereocenters. The summed E-state index contributed by atoms with van der Waals surface area (Å²) >= 11 is 0. The lowest BCUT2D eigenvalue weighted by atomic mass is 10.1. The van der Waals surface area contributed by atoms with Crippen molar-refractivity contribution in [1.82, 2.24) is 20.4 Å². The molecular formula is C17H16N4O2. The van der Waals surface area contributed by atoms with Crippen LogP contribution in [0, 0.1) is 6.92 Å². The maximum atomic E-state index is 12.1. The number of benzene rings is 1. The van der Waals surface area contributed by atoms with E-state index < -0.39 is 0 Å². The fourth-order valence-electron chi connectivity index (χ4n) is 2.19. The first-order valence-corrected chi connectivity index (χ1v) is 7.25. The van der Waals surface area contributed by atoms with Gasteiger partial charge >= 0.3 is 0 Å². The van der Waals surface area contributed by atoms with Crippen molar-refractivity contribution in [3.05, 3.63) is 65.8 Å². The average molecular weight is 308 g/mol. The van der Waals surface area contributed by atoms with Gasteiger partial charge in [0.1, 0.15) is 6.04 Å². The van der Waals surface area contributed by atoms with E-state index in [4.69, 9.17) is 4.52 Å². The molecule has 0 spiro atoms. The van der Waals surface area contributed by atoms with Crippen LogP contribution in [0.1, 0.15) is 34.8 Å². The molecule has 1 amide bonds. The third kappa shape index (κ3) is 3.26. The second-order valence-corrected chi connectivity index (χ2v) is 5.20. The number of nitrogens with zero attached hydrogens (tertiary/aromatic N) is 3. The van der Waals surface area contributed by atoms with Gasteiger partial charge in [0, 0.05) is 23.5 Å². The minimum Gasteiger partial charge on any atom is -0.341 e. The van der Waals surface area contributed by atoms with E-state index in [-0.39, 0.29) is 11.9 Å². The van der Waals surface area contributed by atoms with Crippen LogP contribution in [-0.4, -0.2) is 21.0 Å². The zero-order valence-corrected chi connectivity index (χ0v) is 12.9. The summed E-state index contributed by atoms with van der Waals surface area (Å²) in [6.45, 7) is 3.79. The fraction of sp³-hybridized carbons (Fsp3) is 0.176. The minimum atomic E-state index is -0.388. The molecule has 0 bridgehead atoms. The second kappa shape index (κ2) is 6.39. The van der Waals surface area contributed by atoms with E-state index in [0.29, 0.717) is 17.3 Å². The number of pyridine rings is 1. The van der Waals surface area contributed by atoms with Crippen molar-refractivity contribution in [1.29, 1.82) is 0 Å². The SMILES string of the molecule is Cc1ccccc1-c1noc([C@H](C)NC(=O)c2ccncc2)n1. The van der Waals surface area contributed by atoms with Crippen molar-refractivity contribution >= 4 is 5.91 Å².